The number of nitriles is 1. The quantitative estimate of drug-likeness (QED) is 0.663. The van der Waals surface area contributed by atoms with Gasteiger partial charge >= 0.3 is 0 Å². The number of carbonyl (C=O) groups is 1. The first-order valence-corrected chi connectivity index (χ1v) is 7.32. The topological polar surface area (TPSA) is 47.3 Å². The lowest BCUT2D eigenvalue weighted by Gasteiger charge is -2.21. The summed E-state index contributed by atoms with van der Waals surface area (Å²) in [5, 5.41) is 8.93. The van der Waals surface area contributed by atoms with Crippen molar-refractivity contribution in [1.82, 2.24) is 9.80 Å². The fraction of sp³-hybridized carbons (Fsp3) is 0.867. The average molecular weight is 265 g/mol. The number of carbonyl (C=O) groups excluding carboxylic acids is 1. The molecule has 0 saturated carbocycles. The van der Waals surface area contributed by atoms with E-state index in [-0.39, 0.29) is 11.3 Å². The van der Waals surface area contributed by atoms with Crippen molar-refractivity contribution in [2.24, 2.45) is 5.41 Å². The van der Waals surface area contributed by atoms with Gasteiger partial charge in [-0.15, -0.1) is 0 Å². The molecule has 1 fully saturated rings. The maximum atomic E-state index is 11.9. The first-order chi connectivity index (χ1) is 8.94. The van der Waals surface area contributed by atoms with Gasteiger partial charge in [-0.05, 0) is 53.1 Å². The van der Waals surface area contributed by atoms with Gasteiger partial charge in [-0.2, -0.15) is 5.26 Å². The minimum Gasteiger partial charge on any atom is -0.342 e. The highest BCUT2D eigenvalue weighted by atomic mass is 16.2. The summed E-state index contributed by atoms with van der Waals surface area (Å²) >= 11 is 0. The maximum absolute atomic E-state index is 11.9. The number of rotatable bonds is 7. The molecule has 0 aromatic carbocycles. The van der Waals surface area contributed by atoms with Gasteiger partial charge in [0, 0.05) is 13.1 Å². The van der Waals surface area contributed by atoms with Crippen molar-refractivity contribution in [2.45, 2.75) is 46.0 Å². The summed E-state index contributed by atoms with van der Waals surface area (Å²) < 4.78 is 0. The van der Waals surface area contributed by atoms with E-state index in [2.05, 4.69) is 11.0 Å². The molecular weight excluding hydrogens is 238 g/mol. The molecule has 0 radical (unpaired) electrons. The Morgan fingerprint density at radius 2 is 1.95 bits per heavy atom. The van der Waals surface area contributed by atoms with Gasteiger partial charge in [0.2, 0.25) is 5.91 Å². The maximum Gasteiger partial charge on any atom is 0.236 e. The standard InChI is InChI=1S/C15H27N3O/c1-15(2,13-16)8-4-5-9-17(3)12-14(19)18-10-6-7-11-18/h4-12H2,1-3H3. The zero-order chi connectivity index (χ0) is 14.3. The average Bonchev–Trinajstić information content (AvgIpc) is 2.88. The van der Waals surface area contributed by atoms with Gasteiger partial charge in [-0.3, -0.25) is 9.69 Å². The van der Waals surface area contributed by atoms with E-state index >= 15 is 0 Å². The molecule has 1 aliphatic heterocycles. The number of unbranched alkanes of at least 4 members (excludes halogenated alkanes) is 1. The van der Waals surface area contributed by atoms with E-state index in [1.807, 2.05) is 25.8 Å². The number of likely N-dealkylation sites (N-methyl/N-ethyl adjacent to an activating group) is 1. The third-order valence-electron chi connectivity index (χ3n) is 3.76. The third kappa shape index (κ3) is 6.07. The van der Waals surface area contributed by atoms with E-state index in [9.17, 15) is 4.79 Å². The lowest BCUT2D eigenvalue weighted by molar-refractivity contribution is -0.131. The minimum absolute atomic E-state index is 0.218. The summed E-state index contributed by atoms with van der Waals surface area (Å²) in [6.07, 6.45) is 5.33. The predicted molar refractivity (Wildman–Crippen MR) is 76.6 cm³/mol. The molecule has 4 nitrogen and oxygen atoms in total. The molecule has 1 heterocycles. The molecule has 0 spiro atoms. The Labute approximate surface area is 117 Å². The number of hydrogen-bond donors (Lipinski definition) is 0. The highest BCUT2D eigenvalue weighted by molar-refractivity contribution is 5.78. The van der Waals surface area contributed by atoms with Crippen LogP contribution in [-0.2, 0) is 4.79 Å². The molecule has 0 N–H and O–H groups in total. The second-order valence-corrected chi connectivity index (χ2v) is 6.28. The largest absolute Gasteiger partial charge is 0.342 e. The van der Waals surface area contributed by atoms with E-state index in [4.69, 9.17) is 5.26 Å². The zero-order valence-corrected chi connectivity index (χ0v) is 12.6. The molecule has 0 atom stereocenters. The smallest absolute Gasteiger partial charge is 0.236 e. The number of nitrogens with zero attached hydrogens (tertiary/aromatic N) is 3. The number of amides is 1. The van der Waals surface area contributed by atoms with Crippen molar-refractivity contribution in [1.29, 1.82) is 5.26 Å². The predicted octanol–water partition coefficient (Wildman–Crippen LogP) is 2.26. The van der Waals surface area contributed by atoms with E-state index in [0.717, 1.165) is 51.7 Å². The molecule has 0 unspecified atom stereocenters. The number of likely N-dealkylation sites (tertiary alicyclic amines) is 1. The Bertz CT molecular complexity index is 327. The Morgan fingerprint density at radius 3 is 2.53 bits per heavy atom. The minimum atomic E-state index is -0.218. The molecule has 0 aliphatic carbocycles. The molecule has 19 heavy (non-hydrogen) atoms. The molecule has 4 heteroatoms. The van der Waals surface area contributed by atoms with Crippen LogP contribution in [0.4, 0.5) is 0 Å². The molecule has 1 saturated heterocycles. The van der Waals surface area contributed by atoms with Crippen molar-refractivity contribution >= 4 is 5.91 Å². The van der Waals surface area contributed by atoms with Crippen LogP contribution in [0.3, 0.4) is 0 Å². The Hall–Kier alpha value is -1.08. The zero-order valence-electron chi connectivity index (χ0n) is 12.6. The van der Waals surface area contributed by atoms with Crippen molar-refractivity contribution in [3.63, 3.8) is 0 Å². The normalized spacial score (nSPS) is 15.8. The highest BCUT2D eigenvalue weighted by Crippen LogP contribution is 2.21. The Balaban J connectivity index is 2.12. The molecule has 108 valence electrons. The van der Waals surface area contributed by atoms with Crippen LogP contribution in [0.25, 0.3) is 0 Å². The van der Waals surface area contributed by atoms with Crippen LogP contribution in [0.2, 0.25) is 0 Å². The Morgan fingerprint density at radius 1 is 1.32 bits per heavy atom. The van der Waals surface area contributed by atoms with Crippen molar-refractivity contribution < 1.29 is 4.79 Å². The molecule has 0 aromatic rings. The van der Waals surface area contributed by atoms with Crippen LogP contribution < -0.4 is 0 Å². The first kappa shape index (κ1) is 16.0. The summed E-state index contributed by atoms with van der Waals surface area (Å²) in [7, 11) is 2.00. The molecule has 1 aliphatic rings. The highest BCUT2D eigenvalue weighted by Gasteiger charge is 2.19. The SMILES string of the molecule is CN(CCCCC(C)(C)C#N)CC(=O)N1CCCC1. The summed E-state index contributed by atoms with van der Waals surface area (Å²) in [5.41, 5.74) is -0.218. The fourth-order valence-corrected chi connectivity index (χ4v) is 2.38. The van der Waals surface area contributed by atoms with E-state index in [0.29, 0.717) is 6.54 Å². The van der Waals surface area contributed by atoms with Crippen LogP contribution in [-0.4, -0.2) is 48.9 Å². The summed E-state index contributed by atoms with van der Waals surface area (Å²) in [4.78, 5) is 16.0. The number of hydrogen-bond acceptors (Lipinski definition) is 3. The molecule has 0 aromatic heterocycles. The Kier molecular flexibility index (Phi) is 6.30. The van der Waals surface area contributed by atoms with Crippen molar-refractivity contribution in [2.75, 3.05) is 33.2 Å². The van der Waals surface area contributed by atoms with Crippen molar-refractivity contribution in [3.05, 3.63) is 0 Å². The van der Waals surface area contributed by atoms with Crippen LogP contribution in [0.1, 0.15) is 46.0 Å². The van der Waals surface area contributed by atoms with Crippen LogP contribution in [0, 0.1) is 16.7 Å². The lowest BCUT2D eigenvalue weighted by Crippen LogP contribution is -2.37. The van der Waals surface area contributed by atoms with Gasteiger partial charge in [0.15, 0.2) is 0 Å². The molecule has 1 amide bonds. The monoisotopic (exact) mass is 265 g/mol. The summed E-state index contributed by atoms with van der Waals surface area (Å²) in [5.74, 6) is 0.261. The van der Waals surface area contributed by atoms with E-state index in [1.165, 1.54) is 0 Å². The summed E-state index contributed by atoms with van der Waals surface area (Å²) in [6.45, 7) is 7.29. The molecule has 0 bridgehead atoms. The van der Waals surface area contributed by atoms with Crippen molar-refractivity contribution in [3.8, 4) is 6.07 Å². The fourth-order valence-electron chi connectivity index (χ4n) is 2.38. The first-order valence-electron chi connectivity index (χ1n) is 7.32. The van der Waals surface area contributed by atoms with Gasteiger partial charge in [-0.1, -0.05) is 6.42 Å². The second kappa shape index (κ2) is 7.49. The van der Waals surface area contributed by atoms with Crippen LogP contribution in [0.5, 0.6) is 0 Å². The second-order valence-electron chi connectivity index (χ2n) is 6.28. The molecule has 1 rings (SSSR count). The van der Waals surface area contributed by atoms with Gasteiger partial charge in [0.05, 0.1) is 18.0 Å². The lowest BCUT2D eigenvalue weighted by atomic mass is 9.89. The van der Waals surface area contributed by atoms with Gasteiger partial charge in [0.1, 0.15) is 0 Å². The third-order valence-corrected chi connectivity index (χ3v) is 3.76. The van der Waals surface area contributed by atoms with Crippen LogP contribution >= 0.6 is 0 Å². The van der Waals surface area contributed by atoms with Gasteiger partial charge in [0.25, 0.3) is 0 Å². The summed E-state index contributed by atoms with van der Waals surface area (Å²) in [6, 6.07) is 2.32. The van der Waals surface area contributed by atoms with E-state index in [1.54, 1.807) is 0 Å². The van der Waals surface area contributed by atoms with Gasteiger partial charge < -0.3 is 4.90 Å². The van der Waals surface area contributed by atoms with Crippen LogP contribution in [0.15, 0.2) is 0 Å². The molecular formula is C15H27N3O. The van der Waals surface area contributed by atoms with E-state index < -0.39 is 0 Å². The van der Waals surface area contributed by atoms with Gasteiger partial charge in [-0.25, -0.2) is 0 Å².